The molecule has 1 aromatic rings. The maximum absolute atomic E-state index is 12.0. The van der Waals surface area contributed by atoms with Gasteiger partial charge in [0.25, 0.3) is 0 Å². The molecule has 21 heavy (non-hydrogen) atoms. The molecule has 5 heteroatoms. The minimum atomic E-state index is 0.0320. The summed E-state index contributed by atoms with van der Waals surface area (Å²) in [6.45, 7) is 5.71. The van der Waals surface area contributed by atoms with E-state index in [0.29, 0.717) is 13.0 Å². The van der Waals surface area contributed by atoms with Gasteiger partial charge in [-0.3, -0.25) is 4.79 Å². The molecule has 1 atom stereocenters. The lowest BCUT2D eigenvalue weighted by atomic mass is 9.90. The molecule has 1 aromatic carbocycles. The van der Waals surface area contributed by atoms with Crippen LogP contribution >= 0.6 is 0 Å². The highest BCUT2D eigenvalue weighted by Crippen LogP contribution is 2.28. The quantitative estimate of drug-likeness (QED) is 0.837. The van der Waals surface area contributed by atoms with Crippen molar-refractivity contribution in [1.82, 2.24) is 4.90 Å². The molecule has 1 aliphatic rings. The van der Waals surface area contributed by atoms with Gasteiger partial charge in [0, 0.05) is 31.3 Å². The predicted octanol–water partition coefficient (Wildman–Crippen LogP) is 1.69. The summed E-state index contributed by atoms with van der Waals surface area (Å²) >= 11 is 0. The number of ether oxygens (including phenoxy) is 1. The molecule has 0 saturated carbocycles. The Morgan fingerprint density at radius 2 is 2.33 bits per heavy atom. The Balaban J connectivity index is 1.77. The summed E-state index contributed by atoms with van der Waals surface area (Å²) in [5.74, 6) is 0.774. The van der Waals surface area contributed by atoms with Gasteiger partial charge in [-0.2, -0.15) is 0 Å². The second-order valence-corrected chi connectivity index (χ2v) is 6.07. The Bertz CT molecular complexity index is 492. The van der Waals surface area contributed by atoms with Crippen molar-refractivity contribution in [1.29, 1.82) is 0 Å². The van der Waals surface area contributed by atoms with Crippen LogP contribution in [0.2, 0.25) is 0 Å². The molecule has 3 N–H and O–H groups in total. The number of carbonyl (C=O) groups is 1. The zero-order valence-corrected chi connectivity index (χ0v) is 12.9. The molecule has 1 unspecified atom stereocenters. The van der Waals surface area contributed by atoms with Crippen molar-refractivity contribution in [3.8, 4) is 5.75 Å². The van der Waals surface area contributed by atoms with E-state index in [-0.39, 0.29) is 11.3 Å². The summed E-state index contributed by atoms with van der Waals surface area (Å²) in [4.78, 5) is 14.3. The molecule has 0 radical (unpaired) electrons. The van der Waals surface area contributed by atoms with E-state index in [2.05, 4.69) is 17.1 Å². The first kappa shape index (κ1) is 15.8. The molecule has 116 valence electrons. The van der Waals surface area contributed by atoms with Gasteiger partial charge in [-0.05, 0) is 37.1 Å². The third-order valence-corrected chi connectivity index (χ3v) is 4.14. The molecule has 1 heterocycles. The van der Waals surface area contributed by atoms with E-state index in [1.807, 2.05) is 24.3 Å². The molecule has 0 aliphatic carbocycles. The Morgan fingerprint density at radius 3 is 3.00 bits per heavy atom. The molecule has 2 rings (SSSR count). The van der Waals surface area contributed by atoms with E-state index in [1.165, 1.54) is 0 Å². The molecule has 5 nitrogen and oxygen atoms in total. The van der Waals surface area contributed by atoms with E-state index in [9.17, 15) is 4.79 Å². The number of benzene rings is 1. The molecule has 1 aliphatic heterocycles. The Hall–Kier alpha value is -1.59. The number of amides is 1. The maximum atomic E-state index is 12.0. The summed E-state index contributed by atoms with van der Waals surface area (Å²) in [6.07, 6.45) is 1.61. The predicted molar refractivity (Wildman–Crippen MR) is 84.5 cm³/mol. The van der Waals surface area contributed by atoms with Gasteiger partial charge >= 0.3 is 0 Å². The number of carbonyl (C=O) groups excluding carboxylic acids is 1. The Kier molecular flexibility index (Phi) is 5.20. The maximum Gasteiger partial charge on any atom is 0.225 e. The summed E-state index contributed by atoms with van der Waals surface area (Å²) in [5.41, 5.74) is 6.78. The second-order valence-electron chi connectivity index (χ2n) is 6.07. The van der Waals surface area contributed by atoms with Crippen LogP contribution in [0.15, 0.2) is 24.3 Å². The SMILES string of the molecule is COc1cccc(NC(=O)CCN2CCC(C)(CN)C2)c1. The molecular weight excluding hydrogens is 266 g/mol. The topological polar surface area (TPSA) is 67.6 Å². The van der Waals surface area contributed by atoms with Gasteiger partial charge in [0.1, 0.15) is 5.75 Å². The molecule has 1 saturated heterocycles. The summed E-state index contributed by atoms with van der Waals surface area (Å²) in [5, 5.41) is 2.91. The standard InChI is InChI=1S/C16H25N3O2/c1-16(11-17)7-9-19(12-16)8-6-15(20)18-13-4-3-5-14(10-13)21-2/h3-5,10H,6-9,11-12,17H2,1-2H3,(H,18,20). The van der Waals surface area contributed by atoms with Crippen molar-refractivity contribution in [2.45, 2.75) is 19.8 Å². The molecule has 0 aromatic heterocycles. The van der Waals surface area contributed by atoms with E-state index in [0.717, 1.165) is 37.5 Å². The van der Waals surface area contributed by atoms with E-state index in [4.69, 9.17) is 10.5 Å². The lowest BCUT2D eigenvalue weighted by molar-refractivity contribution is -0.116. The number of likely N-dealkylation sites (tertiary alicyclic amines) is 1. The van der Waals surface area contributed by atoms with Crippen molar-refractivity contribution in [3.05, 3.63) is 24.3 Å². The smallest absolute Gasteiger partial charge is 0.225 e. The third kappa shape index (κ3) is 4.44. The van der Waals surface area contributed by atoms with Crippen LogP contribution in [0.1, 0.15) is 19.8 Å². The Labute approximate surface area is 126 Å². The van der Waals surface area contributed by atoms with Gasteiger partial charge in [0.2, 0.25) is 5.91 Å². The average molecular weight is 291 g/mol. The van der Waals surface area contributed by atoms with Crippen molar-refractivity contribution >= 4 is 11.6 Å². The first-order valence-electron chi connectivity index (χ1n) is 7.41. The van der Waals surface area contributed by atoms with Crippen LogP contribution < -0.4 is 15.8 Å². The largest absolute Gasteiger partial charge is 0.497 e. The lowest BCUT2D eigenvalue weighted by Gasteiger charge is -2.22. The normalized spacial score (nSPS) is 22.2. The molecule has 1 amide bonds. The van der Waals surface area contributed by atoms with Crippen LogP contribution in [-0.2, 0) is 4.79 Å². The first-order chi connectivity index (χ1) is 10.0. The second kappa shape index (κ2) is 6.91. The van der Waals surface area contributed by atoms with E-state index in [1.54, 1.807) is 7.11 Å². The third-order valence-electron chi connectivity index (χ3n) is 4.14. The van der Waals surface area contributed by atoms with Gasteiger partial charge in [-0.15, -0.1) is 0 Å². The van der Waals surface area contributed by atoms with Gasteiger partial charge < -0.3 is 20.7 Å². The van der Waals surface area contributed by atoms with E-state index < -0.39 is 0 Å². The lowest BCUT2D eigenvalue weighted by Crippen LogP contribution is -2.32. The fraction of sp³-hybridized carbons (Fsp3) is 0.562. The minimum Gasteiger partial charge on any atom is -0.497 e. The molecular formula is C16H25N3O2. The van der Waals surface area contributed by atoms with Crippen LogP contribution in [0, 0.1) is 5.41 Å². The zero-order chi connectivity index (χ0) is 15.3. The molecule has 0 bridgehead atoms. The zero-order valence-electron chi connectivity index (χ0n) is 12.9. The summed E-state index contributed by atoms with van der Waals surface area (Å²) in [7, 11) is 1.61. The van der Waals surface area contributed by atoms with Crippen molar-refractivity contribution in [3.63, 3.8) is 0 Å². The number of anilines is 1. The minimum absolute atomic E-state index is 0.0320. The number of methoxy groups -OCH3 is 1. The monoisotopic (exact) mass is 291 g/mol. The van der Waals surface area contributed by atoms with Crippen LogP contribution in [0.25, 0.3) is 0 Å². The van der Waals surface area contributed by atoms with Crippen LogP contribution in [0.5, 0.6) is 5.75 Å². The van der Waals surface area contributed by atoms with Gasteiger partial charge in [-0.1, -0.05) is 13.0 Å². The number of nitrogens with two attached hydrogens (primary N) is 1. The Morgan fingerprint density at radius 1 is 1.52 bits per heavy atom. The van der Waals surface area contributed by atoms with Crippen LogP contribution in [0.4, 0.5) is 5.69 Å². The number of hydrogen-bond donors (Lipinski definition) is 2. The van der Waals surface area contributed by atoms with Gasteiger partial charge in [-0.25, -0.2) is 0 Å². The van der Waals surface area contributed by atoms with Crippen molar-refractivity contribution in [2.24, 2.45) is 11.1 Å². The highest BCUT2D eigenvalue weighted by atomic mass is 16.5. The first-order valence-corrected chi connectivity index (χ1v) is 7.41. The van der Waals surface area contributed by atoms with E-state index >= 15 is 0 Å². The number of hydrogen-bond acceptors (Lipinski definition) is 4. The van der Waals surface area contributed by atoms with Gasteiger partial charge in [0.15, 0.2) is 0 Å². The fourth-order valence-corrected chi connectivity index (χ4v) is 2.67. The highest BCUT2D eigenvalue weighted by Gasteiger charge is 2.32. The molecule has 1 fully saturated rings. The number of rotatable bonds is 6. The van der Waals surface area contributed by atoms with Crippen LogP contribution in [0.3, 0.4) is 0 Å². The highest BCUT2D eigenvalue weighted by molar-refractivity contribution is 5.91. The molecule has 0 spiro atoms. The fourth-order valence-electron chi connectivity index (χ4n) is 2.67. The number of nitrogens with one attached hydrogen (secondary N) is 1. The number of nitrogens with zero attached hydrogens (tertiary/aromatic N) is 1. The van der Waals surface area contributed by atoms with Crippen molar-refractivity contribution < 1.29 is 9.53 Å². The van der Waals surface area contributed by atoms with Crippen molar-refractivity contribution in [2.75, 3.05) is 38.6 Å². The van der Waals surface area contributed by atoms with Crippen LogP contribution in [-0.4, -0.2) is 44.1 Å². The summed E-state index contributed by atoms with van der Waals surface area (Å²) in [6, 6.07) is 7.40. The average Bonchev–Trinajstić information content (AvgIpc) is 2.88. The van der Waals surface area contributed by atoms with Gasteiger partial charge in [0.05, 0.1) is 7.11 Å². The summed E-state index contributed by atoms with van der Waals surface area (Å²) < 4.78 is 5.14.